The van der Waals surface area contributed by atoms with E-state index < -0.39 is 25.9 Å². The van der Waals surface area contributed by atoms with E-state index in [0.717, 1.165) is 6.07 Å². The van der Waals surface area contributed by atoms with Gasteiger partial charge in [-0.25, -0.2) is 21.2 Å². The van der Waals surface area contributed by atoms with Crippen LogP contribution in [0.1, 0.15) is 12.8 Å². The zero-order chi connectivity index (χ0) is 26.6. The van der Waals surface area contributed by atoms with Crippen molar-refractivity contribution in [2.24, 2.45) is 0 Å². The summed E-state index contributed by atoms with van der Waals surface area (Å²) in [5, 5.41) is 0.462. The number of rotatable bonds is 8. The standard InChI is InChI=1S/C24H30ClFN4O5S2/c25-20-7-9-21(10-8-20)36(32,33)29-18-14-28(15-19-29)24(31)6-3-11-27-12-16-30(17-13-27)37(34,35)23-5-2-1-4-22(23)26/h1-2,4-5,7-10H,3,6,11-19H2. The van der Waals surface area contributed by atoms with E-state index in [-0.39, 0.29) is 41.9 Å². The van der Waals surface area contributed by atoms with E-state index in [1.54, 1.807) is 4.90 Å². The van der Waals surface area contributed by atoms with Crippen LogP contribution in [0.3, 0.4) is 0 Å². The van der Waals surface area contributed by atoms with Gasteiger partial charge in [-0.2, -0.15) is 8.61 Å². The number of hydrogen-bond donors (Lipinski definition) is 0. The van der Waals surface area contributed by atoms with Gasteiger partial charge in [-0.3, -0.25) is 4.79 Å². The number of benzene rings is 2. The average molecular weight is 573 g/mol. The highest BCUT2D eigenvalue weighted by molar-refractivity contribution is 7.89. The van der Waals surface area contributed by atoms with Gasteiger partial charge in [0.05, 0.1) is 4.90 Å². The lowest BCUT2D eigenvalue weighted by Gasteiger charge is -2.35. The number of sulfonamides is 2. The molecule has 13 heteroatoms. The molecular weight excluding hydrogens is 543 g/mol. The van der Waals surface area contributed by atoms with Crippen molar-refractivity contribution in [2.45, 2.75) is 22.6 Å². The van der Waals surface area contributed by atoms with Crippen molar-refractivity contribution in [2.75, 3.05) is 58.9 Å². The number of piperazine rings is 2. The van der Waals surface area contributed by atoms with Gasteiger partial charge in [0.1, 0.15) is 10.7 Å². The largest absolute Gasteiger partial charge is 0.340 e. The van der Waals surface area contributed by atoms with Crippen LogP contribution in [0.2, 0.25) is 5.02 Å². The first-order chi connectivity index (χ1) is 17.6. The lowest BCUT2D eigenvalue weighted by atomic mass is 10.2. The molecule has 2 aliphatic rings. The second-order valence-electron chi connectivity index (χ2n) is 9.02. The van der Waals surface area contributed by atoms with Crippen LogP contribution in [0.25, 0.3) is 0 Å². The maximum Gasteiger partial charge on any atom is 0.246 e. The number of hydrogen-bond acceptors (Lipinski definition) is 6. The Balaban J connectivity index is 1.19. The predicted molar refractivity (Wildman–Crippen MR) is 138 cm³/mol. The third-order valence-corrected chi connectivity index (χ3v) is 10.8. The minimum absolute atomic E-state index is 0.0238. The van der Waals surface area contributed by atoms with Crippen molar-refractivity contribution in [3.05, 3.63) is 59.4 Å². The quantitative estimate of drug-likeness (QED) is 0.480. The van der Waals surface area contributed by atoms with E-state index in [1.807, 2.05) is 0 Å². The van der Waals surface area contributed by atoms with Crippen molar-refractivity contribution in [1.82, 2.24) is 18.4 Å². The molecule has 1 amide bonds. The predicted octanol–water partition coefficient (Wildman–Crippen LogP) is 2.10. The molecule has 0 saturated carbocycles. The third-order valence-electron chi connectivity index (χ3n) is 6.69. The fraction of sp³-hybridized carbons (Fsp3) is 0.458. The van der Waals surface area contributed by atoms with Gasteiger partial charge in [0.15, 0.2) is 0 Å². The topological polar surface area (TPSA) is 98.3 Å². The summed E-state index contributed by atoms with van der Waals surface area (Å²) < 4.78 is 67.8. The maximum absolute atomic E-state index is 14.0. The normalized spacial score (nSPS) is 18.7. The number of carbonyl (C=O) groups is 1. The molecule has 0 radical (unpaired) electrons. The van der Waals surface area contributed by atoms with Crippen LogP contribution in [0, 0.1) is 5.82 Å². The maximum atomic E-state index is 14.0. The summed E-state index contributed by atoms with van der Waals surface area (Å²) in [5.74, 6) is -0.781. The Hall–Kier alpha value is -2.09. The van der Waals surface area contributed by atoms with Crippen molar-refractivity contribution in [1.29, 1.82) is 0 Å². The second-order valence-corrected chi connectivity index (χ2v) is 13.3. The first-order valence-electron chi connectivity index (χ1n) is 12.1. The highest BCUT2D eigenvalue weighted by Gasteiger charge is 2.31. The number of nitrogens with zero attached hydrogens (tertiary/aromatic N) is 4. The average Bonchev–Trinajstić information content (AvgIpc) is 2.89. The van der Waals surface area contributed by atoms with E-state index >= 15 is 0 Å². The Bertz CT molecular complexity index is 1310. The van der Waals surface area contributed by atoms with Crippen molar-refractivity contribution in [3.63, 3.8) is 0 Å². The lowest BCUT2D eigenvalue weighted by molar-refractivity contribution is -0.132. The van der Waals surface area contributed by atoms with Crippen LogP contribution < -0.4 is 0 Å². The van der Waals surface area contributed by atoms with Gasteiger partial charge in [-0.1, -0.05) is 23.7 Å². The molecule has 0 unspecified atom stereocenters. The van der Waals surface area contributed by atoms with E-state index in [2.05, 4.69) is 4.90 Å². The molecule has 0 aliphatic carbocycles. The fourth-order valence-corrected chi connectivity index (χ4v) is 7.57. The summed E-state index contributed by atoms with van der Waals surface area (Å²) in [6.07, 6.45) is 0.944. The van der Waals surface area contributed by atoms with Gasteiger partial charge >= 0.3 is 0 Å². The van der Waals surface area contributed by atoms with E-state index in [4.69, 9.17) is 11.6 Å². The number of halogens is 2. The molecule has 0 aromatic heterocycles. The molecule has 2 aromatic rings. The SMILES string of the molecule is O=C(CCCN1CCN(S(=O)(=O)c2ccccc2F)CC1)N1CCN(S(=O)(=O)c2ccc(Cl)cc2)CC1. The van der Waals surface area contributed by atoms with Crippen LogP contribution in [0.15, 0.2) is 58.3 Å². The van der Waals surface area contributed by atoms with Crippen LogP contribution in [0.5, 0.6) is 0 Å². The molecule has 2 heterocycles. The van der Waals surface area contributed by atoms with E-state index in [9.17, 15) is 26.0 Å². The van der Waals surface area contributed by atoms with Gasteiger partial charge < -0.3 is 9.80 Å². The summed E-state index contributed by atoms with van der Waals surface area (Å²) in [7, 11) is -7.51. The molecule has 4 rings (SSSR count). The summed E-state index contributed by atoms with van der Waals surface area (Å²) in [5.41, 5.74) is 0. The van der Waals surface area contributed by atoms with E-state index in [0.29, 0.717) is 50.6 Å². The summed E-state index contributed by atoms with van der Waals surface area (Å²) in [4.78, 5) is 16.3. The zero-order valence-electron chi connectivity index (χ0n) is 20.3. The summed E-state index contributed by atoms with van der Waals surface area (Å²) in [6, 6.07) is 11.4. The minimum atomic E-state index is -3.88. The van der Waals surface area contributed by atoms with Crippen molar-refractivity contribution in [3.8, 4) is 0 Å². The van der Waals surface area contributed by atoms with Gasteiger partial charge in [0, 0.05) is 63.8 Å². The Morgan fingerprint density at radius 2 is 1.35 bits per heavy atom. The first-order valence-corrected chi connectivity index (χ1v) is 15.4. The Labute approximate surface area is 222 Å². The van der Waals surface area contributed by atoms with Gasteiger partial charge in [-0.15, -0.1) is 0 Å². The third kappa shape index (κ3) is 6.50. The molecule has 37 heavy (non-hydrogen) atoms. The molecule has 0 spiro atoms. The van der Waals surface area contributed by atoms with Gasteiger partial charge in [0.25, 0.3) is 0 Å². The van der Waals surface area contributed by atoms with Gasteiger partial charge in [-0.05, 0) is 49.4 Å². The molecule has 0 bridgehead atoms. The van der Waals surface area contributed by atoms with Crippen LogP contribution in [-0.4, -0.2) is 100 Å². The number of carbonyl (C=O) groups excluding carboxylic acids is 1. The molecular formula is C24H30ClFN4O5S2. The Morgan fingerprint density at radius 3 is 1.97 bits per heavy atom. The van der Waals surface area contributed by atoms with Crippen molar-refractivity contribution >= 4 is 37.6 Å². The molecule has 202 valence electrons. The summed E-state index contributed by atoms with van der Waals surface area (Å²) >= 11 is 5.85. The fourth-order valence-electron chi connectivity index (χ4n) is 4.53. The molecule has 2 fully saturated rings. The lowest BCUT2D eigenvalue weighted by Crippen LogP contribution is -2.50. The molecule has 2 aromatic carbocycles. The monoisotopic (exact) mass is 572 g/mol. The minimum Gasteiger partial charge on any atom is -0.340 e. The first kappa shape index (κ1) is 27.9. The van der Waals surface area contributed by atoms with E-state index in [1.165, 1.54) is 51.1 Å². The highest BCUT2D eigenvalue weighted by atomic mass is 35.5. The van der Waals surface area contributed by atoms with Crippen LogP contribution in [0.4, 0.5) is 4.39 Å². The Kier molecular flexibility index (Phi) is 8.87. The Morgan fingerprint density at radius 1 is 0.784 bits per heavy atom. The molecule has 0 atom stereocenters. The van der Waals surface area contributed by atoms with Crippen LogP contribution >= 0.6 is 11.6 Å². The molecule has 2 saturated heterocycles. The molecule has 9 nitrogen and oxygen atoms in total. The highest BCUT2D eigenvalue weighted by Crippen LogP contribution is 2.22. The zero-order valence-corrected chi connectivity index (χ0v) is 22.7. The van der Waals surface area contributed by atoms with Crippen molar-refractivity contribution < 1.29 is 26.0 Å². The summed E-state index contributed by atoms with van der Waals surface area (Å²) in [6.45, 7) is 3.29. The smallest absolute Gasteiger partial charge is 0.246 e. The van der Waals surface area contributed by atoms with Gasteiger partial charge in [0.2, 0.25) is 26.0 Å². The molecule has 0 N–H and O–H groups in total. The molecule has 2 aliphatic heterocycles. The number of amides is 1. The van der Waals surface area contributed by atoms with Crippen LogP contribution in [-0.2, 0) is 24.8 Å². The second kappa shape index (κ2) is 11.7.